The summed E-state index contributed by atoms with van der Waals surface area (Å²) in [4.78, 5) is 12.3. The number of aromatic nitrogens is 1. The molecule has 0 amide bonds. The van der Waals surface area contributed by atoms with Crippen molar-refractivity contribution < 1.29 is 18.6 Å². The Hall–Kier alpha value is -2.99. The maximum absolute atomic E-state index is 13.5. The average Bonchev–Trinajstić information content (AvgIpc) is 2.68. The van der Waals surface area contributed by atoms with E-state index in [0.29, 0.717) is 23.9 Å². The van der Waals surface area contributed by atoms with E-state index in [1.165, 1.54) is 25.3 Å². The number of rotatable bonds is 6. The highest BCUT2D eigenvalue weighted by Crippen LogP contribution is 2.29. The van der Waals surface area contributed by atoms with Crippen molar-refractivity contribution in [3.8, 4) is 23.1 Å². The zero-order chi connectivity index (χ0) is 20.3. The first-order chi connectivity index (χ1) is 13.4. The van der Waals surface area contributed by atoms with Crippen molar-refractivity contribution in [3.05, 3.63) is 80.9 Å². The summed E-state index contributed by atoms with van der Waals surface area (Å²) in [5, 5.41) is 0.0246. The molecule has 0 aliphatic heterocycles. The van der Waals surface area contributed by atoms with Gasteiger partial charge >= 0.3 is 0 Å². The Morgan fingerprint density at radius 1 is 1.04 bits per heavy atom. The highest BCUT2D eigenvalue weighted by molar-refractivity contribution is 6.30. The van der Waals surface area contributed by atoms with Gasteiger partial charge in [0.1, 0.15) is 17.3 Å². The SMILES string of the molecule is COc1ccc(C)c(Oc2cc(=O)c(OC)cn2Cc2ccc(F)c(Cl)c2)c1. The maximum Gasteiger partial charge on any atom is 0.227 e. The van der Waals surface area contributed by atoms with E-state index in [9.17, 15) is 9.18 Å². The van der Waals surface area contributed by atoms with Crippen LogP contribution >= 0.6 is 11.6 Å². The van der Waals surface area contributed by atoms with Crippen LogP contribution in [0.2, 0.25) is 5.02 Å². The summed E-state index contributed by atoms with van der Waals surface area (Å²) in [6.07, 6.45) is 1.55. The van der Waals surface area contributed by atoms with E-state index in [0.717, 1.165) is 11.1 Å². The minimum atomic E-state index is -0.494. The molecule has 0 spiro atoms. The number of hydrogen-bond donors (Lipinski definition) is 0. The highest BCUT2D eigenvalue weighted by Gasteiger charge is 2.13. The summed E-state index contributed by atoms with van der Waals surface area (Å²) in [7, 11) is 2.98. The van der Waals surface area contributed by atoms with Gasteiger partial charge in [-0.2, -0.15) is 0 Å². The van der Waals surface area contributed by atoms with Crippen LogP contribution in [0.5, 0.6) is 23.1 Å². The van der Waals surface area contributed by atoms with Gasteiger partial charge in [-0.3, -0.25) is 4.79 Å². The lowest BCUT2D eigenvalue weighted by Crippen LogP contribution is -2.13. The molecule has 0 atom stereocenters. The topological polar surface area (TPSA) is 49.7 Å². The van der Waals surface area contributed by atoms with E-state index in [2.05, 4.69) is 0 Å². The van der Waals surface area contributed by atoms with Crippen LogP contribution in [0.15, 0.2) is 53.5 Å². The summed E-state index contributed by atoms with van der Waals surface area (Å²) in [5.74, 6) is 1.17. The van der Waals surface area contributed by atoms with Crippen molar-refractivity contribution in [2.75, 3.05) is 14.2 Å². The van der Waals surface area contributed by atoms with Gasteiger partial charge in [0, 0.05) is 6.07 Å². The molecule has 1 heterocycles. The molecule has 0 fully saturated rings. The Morgan fingerprint density at radius 2 is 1.82 bits per heavy atom. The third kappa shape index (κ3) is 4.28. The number of ether oxygens (including phenoxy) is 3. The number of methoxy groups -OCH3 is 2. The van der Waals surface area contributed by atoms with Crippen LogP contribution in [0.4, 0.5) is 4.39 Å². The lowest BCUT2D eigenvalue weighted by molar-refractivity contribution is 0.385. The monoisotopic (exact) mass is 403 g/mol. The lowest BCUT2D eigenvalue weighted by Gasteiger charge is -2.17. The lowest BCUT2D eigenvalue weighted by atomic mass is 10.2. The van der Waals surface area contributed by atoms with E-state index < -0.39 is 5.82 Å². The quantitative estimate of drug-likeness (QED) is 0.592. The Labute approximate surface area is 166 Å². The summed E-state index contributed by atoms with van der Waals surface area (Å²) < 4.78 is 31.5. The number of benzene rings is 2. The van der Waals surface area contributed by atoms with Crippen molar-refractivity contribution in [1.82, 2.24) is 4.57 Å². The first-order valence-corrected chi connectivity index (χ1v) is 8.84. The molecule has 5 nitrogen and oxygen atoms in total. The molecule has 7 heteroatoms. The molecule has 0 N–H and O–H groups in total. The predicted octanol–water partition coefficient (Wildman–Crippen LogP) is 4.81. The van der Waals surface area contributed by atoms with Gasteiger partial charge in [-0.15, -0.1) is 0 Å². The van der Waals surface area contributed by atoms with Crippen LogP contribution in [-0.2, 0) is 6.54 Å². The molecule has 0 bridgehead atoms. The van der Waals surface area contributed by atoms with Crippen molar-refractivity contribution >= 4 is 11.6 Å². The summed E-state index contributed by atoms with van der Waals surface area (Å²) in [5.41, 5.74) is 1.30. The van der Waals surface area contributed by atoms with Crippen LogP contribution in [0, 0.1) is 12.7 Å². The van der Waals surface area contributed by atoms with Gasteiger partial charge in [0.05, 0.1) is 38.1 Å². The van der Waals surface area contributed by atoms with Gasteiger partial charge < -0.3 is 18.8 Å². The van der Waals surface area contributed by atoms with Gasteiger partial charge in [0.2, 0.25) is 11.3 Å². The molecule has 2 aromatic carbocycles. The van der Waals surface area contributed by atoms with Crippen LogP contribution in [0.3, 0.4) is 0 Å². The van der Waals surface area contributed by atoms with Crippen molar-refractivity contribution in [1.29, 1.82) is 0 Å². The second kappa shape index (κ2) is 8.35. The minimum absolute atomic E-state index is 0.0246. The number of hydrogen-bond acceptors (Lipinski definition) is 4. The van der Waals surface area contributed by atoms with Gasteiger partial charge in [0.25, 0.3) is 0 Å². The second-order valence-electron chi connectivity index (χ2n) is 6.15. The van der Waals surface area contributed by atoms with Crippen molar-refractivity contribution in [3.63, 3.8) is 0 Å². The molecular formula is C21H19ClFNO4. The molecule has 0 aliphatic carbocycles. The fourth-order valence-electron chi connectivity index (χ4n) is 2.66. The molecule has 0 unspecified atom stereocenters. The predicted molar refractivity (Wildman–Crippen MR) is 106 cm³/mol. The summed E-state index contributed by atoms with van der Waals surface area (Å²) in [6.45, 7) is 2.19. The average molecular weight is 404 g/mol. The number of pyridine rings is 1. The normalized spacial score (nSPS) is 10.6. The van der Waals surface area contributed by atoms with Gasteiger partial charge in [0.15, 0.2) is 5.75 Å². The smallest absolute Gasteiger partial charge is 0.227 e. The van der Waals surface area contributed by atoms with E-state index in [1.54, 1.807) is 30.0 Å². The Kier molecular flexibility index (Phi) is 5.90. The molecular weight excluding hydrogens is 385 g/mol. The standard InChI is InChI=1S/C21H19ClFNO4/c1-13-4-6-15(26-2)9-19(13)28-21-10-18(25)20(27-3)12-24(21)11-14-5-7-17(23)16(22)8-14/h4-10,12H,11H2,1-3H3. The fourth-order valence-corrected chi connectivity index (χ4v) is 2.87. The molecule has 0 aliphatic rings. The summed E-state index contributed by atoms with van der Waals surface area (Å²) in [6, 6.07) is 11.2. The Morgan fingerprint density at radius 3 is 2.50 bits per heavy atom. The Balaban J connectivity index is 2.03. The fraction of sp³-hybridized carbons (Fsp3) is 0.190. The first-order valence-electron chi connectivity index (χ1n) is 8.46. The Bertz CT molecular complexity index is 1060. The zero-order valence-corrected chi connectivity index (χ0v) is 16.4. The first kappa shape index (κ1) is 19.8. The molecule has 146 valence electrons. The van der Waals surface area contributed by atoms with Gasteiger partial charge in [-0.1, -0.05) is 23.7 Å². The van der Waals surface area contributed by atoms with Gasteiger partial charge in [-0.05, 0) is 36.2 Å². The van der Waals surface area contributed by atoms with Crippen LogP contribution in [0.1, 0.15) is 11.1 Å². The molecule has 0 saturated heterocycles. The zero-order valence-electron chi connectivity index (χ0n) is 15.7. The number of aryl methyl sites for hydroxylation is 1. The number of halogens is 2. The summed E-state index contributed by atoms with van der Waals surface area (Å²) >= 11 is 5.88. The van der Waals surface area contributed by atoms with Crippen molar-refractivity contribution in [2.24, 2.45) is 0 Å². The molecule has 28 heavy (non-hydrogen) atoms. The minimum Gasteiger partial charge on any atom is -0.497 e. The third-order valence-corrected chi connectivity index (χ3v) is 4.51. The third-order valence-electron chi connectivity index (χ3n) is 4.22. The number of nitrogens with zero attached hydrogens (tertiary/aromatic N) is 1. The molecule has 3 aromatic rings. The van der Waals surface area contributed by atoms with Crippen molar-refractivity contribution in [2.45, 2.75) is 13.5 Å². The second-order valence-corrected chi connectivity index (χ2v) is 6.56. The van der Waals surface area contributed by atoms with Gasteiger partial charge in [-0.25, -0.2) is 4.39 Å². The molecule has 1 aromatic heterocycles. The van der Waals surface area contributed by atoms with E-state index in [4.69, 9.17) is 25.8 Å². The molecule has 3 rings (SSSR count). The van der Waals surface area contributed by atoms with Crippen LogP contribution in [-0.4, -0.2) is 18.8 Å². The molecule has 0 radical (unpaired) electrons. The highest BCUT2D eigenvalue weighted by atomic mass is 35.5. The largest absolute Gasteiger partial charge is 0.497 e. The van der Waals surface area contributed by atoms with Crippen LogP contribution in [0.25, 0.3) is 0 Å². The molecule has 0 saturated carbocycles. The van der Waals surface area contributed by atoms with E-state index >= 15 is 0 Å². The van der Waals surface area contributed by atoms with E-state index in [-0.39, 0.29) is 16.2 Å². The van der Waals surface area contributed by atoms with Crippen LogP contribution < -0.4 is 19.6 Å². The van der Waals surface area contributed by atoms with E-state index in [1.807, 2.05) is 19.1 Å². The maximum atomic E-state index is 13.5.